The predicted octanol–water partition coefficient (Wildman–Crippen LogP) is 1.92. The Bertz CT molecular complexity index is 834. The molecular formula is C17H20F3N7OS. The first-order valence-corrected chi connectivity index (χ1v) is 10.3. The van der Waals surface area contributed by atoms with Crippen LogP contribution in [0.5, 0.6) is 0 Å². The van der Waals surface area contributed by atoms with Crippen molar-refractivity contribution in [3.63, 3.8) is 0 Å². The molecule has 2 aromatic heterocycles. The molecule has 0 atom stereocenters. The average molecular weight is 427 g/mol. The van der Waals surface area contributed by atoms with Gasteiger partial charge in [0.2, 0.25) is 11.9 Å². The van der Waals surface area contributed by atoms with E-state index in [-0.39, 0.29) is 17.2 Å². The summed E-state index contributed by atoms with van der Waals surface area (Å²) in [4.78, 5) is 21.0. The monoisotopic (exact) mass is 427 g/mol. The van der Waals surface area contributed by atoms with Crippen LogP contribution >= 0.6 is 11.8 Å². The number of nitrogens with zero attached hydrogens (tertiary/aromatic N) is 6. The molecule has 29 heavy (non-hydrogen) atoms. The van der Waals surface area contributed by atoms with Gasteiger partial charge in [0.05, 0.1) is 24.3 Å². The third-order valence-electron chi connectivity index (χ3n) is 4.67. The van der Waals surface area contributed by atoms with Gasteiger partial charge in [0.1, 0.15) is 5.82 Å². The Morgan fingerprint density at radius 3 is 2.21 bits per heavy atom. The maximum atomic E-state index is 13.6. The third-order valence-corrected chi connectivity index (χ3v) is 5.61. The summed E-state index contributed by atoms with van der Waals surface area (Å²) in [6.07, 6.45) is -3.54. The van der Waals surface area contributed by atoms with E-state index in [0.29, 0.717) is 38.2 Å². The van der Waals surface area contributed by atoms with Gasteiger partial charge in [-0.3, -0.25) is 0 Å². The number of pyridine rings is 1. The fourth-order valence-electron chi connectivity index (χ4n) is 3.17. The van der Waals surface area contributed by atoms with Crippen LogP contribution in [0.1, 0.15) is 5.56 Å². The lowest BCUT2D eigenvalue weighted by atomic mass is 10.1. The highest BCUT2D eigenvalue weighted by atomic mass is 32.2. The van der Waals surface area contributed by atoms with Crippen molar-refractivity contribution >= 4 is 29.5 Å². The molecule has 156 valence electrons. The molecule has 8 nitrogen and oxygen atoms in total. The van der Waals surface area contributed by atoms with Gasteiger partial charge in [-0.1, -0.05) is 0 Å². The molecule has 2 saturated heterocycles. The Hall–Kier alpha value is -2.34. The minimum atomic E-state index is -4.61. The Morgan fingerprint density at radius 1 is 0.966 bits per heavy atom. The number of hydrogen-bond acceptors (Lipinski definition) is 9. The topological polar surface area (TPSA) is 93.3 Å². The number of alkyl halides is 3. The van der Waals surface area contributed by atoms with Crippen LogP contribution in [0, 0.1) is 0 Å². The minimum Gasteiger partial charge on any atom is -0.384 e. The van der Waals surface area contributed by atoms with E-state index in [9.17, 15) is 13.2 Å². The van der Waals surface area contributed by atoms with Crippen LogP contribution in [-0.4, -0.2) is 70.8 Å². The Kier molecular flexibility index (Phi) is 5.63. The van der Waals surface area contributed by atoms with Crippen molar-refractivity contribution in [3.05, 3.63) is 17.8 Å². The molecule has 2 aliphatic heterocycles. The third kappa shape index (κ3) is 4.47. The first kappa shape index (κ1) is 20.0. The zero-order valence-electron chi connectivity index (χ0n) is 15.5. The van der Waals surface area contributed by atoms with Crippen LogP contribution in [0.2, 0.25) is 0 Å². The predicted molar refractivity (Wildman–Crippen MR) is 105 cm³/mol. The summed E-state index contributed by atoms with van der Waals surface area (Å²) in [5.41, 5.74) is 4.37. The number of aromatic nitrogens is 4. The van der Waals surface area contributed by atoms with Crippen LogP contribution in [0.25, 0.3) is 11.4 Å². The summed E-state index contributed by atoms with van der Waals surface area (Å²) in [6, 6.07) is 0.810. The van der Waals surface area contributed by atoms with Gasteiger partial charge in [0.25, 0.3) is 0 Å². The summed E-state index contributed by atoms with van der Waals surface area (Å²) >= 11 is 1.82. The van der Waals surface area contributed by atoms with Crippen LogP contribution in [-0.2, 0) is 10.9 Å². The van der Waals surface area contributed by atoms with Crippen molar-refractivity contribution < 1.29 is 17.9 Å². The SMILES string of the molecule is Nc1cc(C(F)(F)F)c(-c2nc(N3CCOCC3)nc(N3CCSCC3)n2)cn1. The van der Waals surface area contributed by atoms with Crippen molar-refractivity contribution in [3.8, 4) is 11.4 Å². The summed E-state index contributed by atoms with van der Waals surface area (Å²) < 4.78 is 46.3. The molecule has 0 unspecified atom stereocenters. The quantitative estimate of drug-likeness (QED) is 0.789. The second-order valence-electron chi connectivity index (χ2n) is 6.61. The molecular weight excluding hydrogens is 407 g/mol. The second kappa shape index (κ2) is 8.19. The molecule has 2 N–H and O–H groups in total. The maximum absolute atomic E-state index is 13.6. The van der Waals surface area contributed by atoms with E-state index in [1.54, 1.807) is 0 Å². The molecule has 12 heteroatoms. The van der Waals surface area contributed by atoms with Gasteiger partial charge in [0.15, 0.2) is 5.82 Å². The summed E-state index contributed by atoms with van der Waals surface area (Å²) in [7, 11) is 0. The second-order valence-corrected chi connectivity index (χ2v) is 7.84. The van der Waals surface area contributed by atoms with E-state index in [0.717, 1.165) is 36.9 Å². The van der Waals surface area contributed by atoms with Crippen LogP contribution < -0.4 is 15.5 Å². The van der Waals surface area contributed by atoms with Gasteiger partial charge < -0.3 is 20.3 Å². The standard InChI is InChI=1S/C17H20F3N7OS/c18-17(19,20)12-9-13(21)22-10-11(12)14-23-15(26-1-5-28-6-2-26)25-16(24-14)27-3-7-29-8-4-27/h9-10H,1-8H2,(H2,21,22). The van der Waals surface area contributed by atoms with Gasteiger partial charge in [0, 0.05) is 43.9 Å². The van der Waals surface area contributed by atoms with Gasteiger partial charge in [-0.15, -0.1) is 0 Å². The smallest absolute Gasteiger partial charge is 0.384 e. The first-order chi connectivity index (χ1) is 13.9. The number of ether oxygens (including phenoxy) is 1. The zero-order chi connectivity index (χ0) is 20.4. The normalized spacial score (nSPS) is 18.2. The molecule has 2 aromatic rings. The summed E-state index contributed by atoms with van der Waals surface area (Å²) in [5.74, 6) is 2.26. The van der Waals surface area contributed by atoms with Gasteiger partial charge >= 0.3 is 6.18 Å². The van der Waals surface area contributed by atoms with Gasteiger partial charge in [-0.05, 0) is 6.07 Å². The molecule has 0 amide bonds. The van der Waals surface area contributed by atoms with Crippen LogP contribution in [0.15, 0.2) is 12.3 Å². The van der Waals surface area contributed by atoms with Crippen molar-refractivity contribution in [2.45, 2.75) is 6.18 Å². The van der Waals surface area contributed by atoms with E-state index in [4.69, 9.17) is 10.5 Å². The average Bonchev–Trinajstić information content (AvgIpc) is 2.74. The minimum absolute atomic E-state index is 0.0606. The number of nitrogens with two attached hydrogens (primary N) is 1. The highest BCUT2D eigenvalue weighted by molar-refractivity contribution is 7.99. The maximum Gasteiger partial charge on any atom is 0.417 e. The highest BCUT2D eigenvalue weighted by Gasteiger charge is 2.35. The van der Waals surface area contributed by atoms with Gasteiger partial charge in [-0.2, -0.15) is 39.9 Å². The number of rotatable bonds is 3. The van der Waals surface area contributed by atoms with E-state index < -0.39 is 11.7 Å². The largest absolute Gasteiger partial charge is 0.417 e. The summed E-state index contributed by atoms with van der Waals surface area (Å²) in [6.45, 7) is 3.59. The zero-order valence-corrected chi connectivity index (χ0v) is 16.3. The van der Waals surface area contributed by atoms with E-state index in [2.05, 4.69) is 19.9 Å². The molecule has 0 saturated carbocycles. The molecule has 4 heterocycles. The van der Waals surface area contributed by atoms with Crippen LogP contribution in [0.3, 0.4) is 0 Å². The molecule has 0 spiro atoms. The number of hydrogen-bond donors (Lipinski definition) is 1. The Morgan fingerprint density at radius 2 is 1.59 bits per heavy atom. The molecule has 0 radical (unpaired) electrons. The van der Waals surface area contributed by atoms with Gasteiger partial charge in [-0.25, -0.2) is 4.98 Å². The lowest BCUT2D eigenvalue weighted by molar-refractivity contribution is -0.137. The molecule has 2 fully saturated rings. The fourth-order valence-corrected chi connectivity index (χ4v) is 4.07. The van der Waals surface area contributed by atoms with E-state index in [1.165, 1.54) is 0 Å². The van der Waals surface area contributed by atoms with Crippen molar-refractivity contribution in [1.82, 2.24) is 19.9 Å². The Balaban J connectivity index is 1.82. The lowest BCUT2D eigenvalue weighted by Gasteiger charge is -2.30. The number of halogens is 3. The van der Waals surface area contributed by atoms with Crippen molar-refractivity contribution in [1.29, 1.82) is 0 Å². The molecule has 0 aliphatic carbocycles. The fraction of sp³-hybridized carbons (Fsp3) is 0.529. The number of thioether (sulfide) groups is 1. The molecule has 2 aliphatic rings. The number of morpholine rings is 1. The van der Waals surface area contributed by atoms with E-state index >= 15 is 0 Å². The molecule has 0 aromatic carbocycles. The number of anilines is 3. The summed E-state index contributed by atoms with van der Waals surface area (Å²) in [5, 5.41) is 0. The number of nitrogen functional groups attached to an aromatic ring is 1. The first-order valence-electron chi connectivity index (χ1n) is 9.16. The van der Waals surface area contributed by atoms with Crippen molar-refractivity contribution in [2.75, 3.05) is 66.4 Å². The Labute approximate surface area is 169 Å². The van der Waals surface area contributed by atoms with E-state index in [1.807, 2.05) is 21.6 Å². The van der Waals surface area contributed by atoms with Crippen LogP contribution in [0.4, 0.5) is 30.9 Å². The van der Waals surface area contributed by atoms with Crippen molar-refractivity contribution in [2.24, 2.45) is 0 Å². The molecule has 0 bridgehead atoms. The highest BCUT2D eigenvalue weighted by Crippen LogP contribution is 2.37. The molecule has 4 rings (SSSR count). The lowest BCUT2D eigenvalue weighted by Crippen LogP contribution is -2.39.